The summed E-state index contributed by atoms with van der Waals surface area (Å²) in [4.78, 5) is 22.1. The molecule has 0 saturated carbocycles. The third-order valence-electron chi connectivity index (χ3n) is 1.90. The summed E-state index contributed by atoms with van der Waals surface area (Å²) in [6.07, 6.45) is 3.75. The zero-order chi connectivity index (χ0) is 9.72. The van der Waals surface area contributed by atoms with Crippen LogP contribution in [0.2, 0.25) is 0 Å². The van der Waals surface area contributed by atoms with E-state index < -0.39 is 5.92 Å². The molecule has 2 heteroatoms. The molecule has 12 heavy (non-hydrogen) atoms. The van der Waals surface area contributed by atoms with Crippen LogP contribution in [0.4, 0.5) is 0 Å². The zero-order valence-corrected chi connectivity index (χ0v) is 8.13. The molecule has 0 amide bonds. The minimum atomic E-state index is -0.457. The molecule has 0 heterocycles. The average Bonchev–Trinajstić information content (AvgIpc) is 1.85. The van der Waals surface area contributed by atoms with E-state index in [-0.39, 0.29) is 17.5 Å². The first-order valence-electron chi connectivity index (χ1n) is 4.14. The summed E-state index contributed by atoms with van der Waals surface area (Å²) in [6.45, 7) is 6.69. The third kappa shape index (κ3) is 2.99. The monoisotopic (exact) mass is 168 g/mol. The molecule has 68 valence electrons. The highest BCUT2D eigenvalue weighted by atomic mass is 16.1. The molecule has 0 radical (unpaired) electrons. The summed E-state index contributed by atoms with van der Waals surface area (Å²) in [5.74, 6) is -0.535. The van der Waals surface area contributed by atoms with Crippen molar-refractivity contribution in [3.8, 4) is 0 Å². The van der Waals surface area contributed by atoms with E-state index >= 15 is 0 Å². The summed E-state index contributed by atoms with van der Waals surface area (Å²) in [7, 11) is 0. The van der Waals surface area contributed by atoms with Crippen molar-refractivity contribution in [2.75, 3.05) is 0 Å². The summed E-state index contributed by atoms with van der Waals surface area (Å²) in [5.41, 5.74) is 0. The summed E-state index contributed by atoms with van der Waals surface area (Å²) < 4.78 is 0. The third-order valence-corrected chi connectivity index (χ3v) is 1.90. The van der Waals surface area contributed by atoms with Gasteiger partial charge in [-0.25, -0.2) is 0 Å². The van der Waals surface area contributed by atoms with Crippen LogP contribution >= 0.6 is 0 Å². The Morgan fingerprint density at radius 2 is 1.58 bits per heavy atom. The van der Waals surface area contributed by atoms with Crippen molar-refractivity contribution >= 4 is 11.6 Å². The lowest BCUT2D eigenvalue weighted by Crippen LogP contribution is -2.25. The van der Waals surface area contributed by atoms with E-state index in [0.29, 0.717) is 0 Å². The Bertz CT molecular complexity index is 190. The van der Waals surface area contributed by atoms with E-state index in [0.717, 1.165) is 0 Å². The molecule has 1 unspecified atom stereocenters. The van der Waals surface area contributed by atoms with Gasteiger partial charge < -0.3 is 0 Å². The zero-order valence-electron chi connectivity index (χ0n) is 8.13. The fourth-order valence-corrected chi connectivity index (χ4v) is 1.44. The molecular weight excluding hydrogens is 152 g/mol. The second-order valence-corrected chi connectivity index (χ2v) is 3.08. The van der Waals surface area contributed by atoms with Gasteiger partial charge in [-0.05, 0) is 26.7 Å². The minimum Gasteiger partial charge on any atom is -0.299 e. The first-order valence-corrected chi connectivity index (χ1v) is 4.14. The predicted octanol–water partition coefficient (Wildman–Crippen LogP) is 1.99. The number of rotatable bonds is 4. The lowest BCUT2D eigenvalue weighted by molar-refractivity contribution is -0.131. The van der Waals surface area contributed by atoms with Crippen molar-refractivity contribution in [1.29, 1.82) is 0 Å². The van der Waals surface area contributed by atoms with Crippen molar-refractivity contribution in [3.05, 3.63) is 12.2 Å². The van der Waals surface area contributed by atoms with Gasteiger partial charge in [0.2, 0.25) is 0 Å². The number of allylic oxidation sites excluding steroid dienone is 2. The molecule has 0 aliphatic rings. The second kappa shape index (κ2) is 4.86. The molecule has 0 bridgehead atoms. The van der Waals surface area contributed by atoms with Gasteiger partial charge in [-0.3, -0.25) is 9.59 Å². The molecular formula is C10H16O2. The maximum absolute atomic E-state index is 11.0. The topological polar surface area (TPSA) is 34.1 Å². The molecule has 0 fully saturated rings. The van der Waals surface area contributed by atoms with Crippen LogP contribution in [0.1, 0.15) is 27.7 Å². The van der Waals surface area contributed by atoms with E-state index in [2.05, 4.69) is 0 Å². The standard InChI is InChI=1S/C10H16O2/c1-5-6-7(2)10(8(3)11)9(4)12/h5-7,10H,1-4H3/b6-5+. The molecule has 2 nitrogen and oxygen atoms in total. The number of Topliss-reactive ketones (excluding diaryl/α,β-unsaturated/α-hetero) is 2. The predicted molar refractivity (Wildman–Crippen MR) is 48.8 cm³/mol. The largest absolute Gasteiger partial charge is 0.299 e. The SMILES string of the molecule is C/C=C/C(C)C(C(C)=O)C(C)=O. The Hall–Kier alpha value is -0.920. The van der Waals surface area contributed by atoms with Crippen LogP contribution in [0.15, 0.2) is 12.2 Å². The molecule has 1 atom stereocenters. The van der Waals surface area contributed by atoms with Crippen LogP contribution in [0.5, 0.6) is 0 Å². The quantitative estimate of drug-likeness (QED) is 0.475. The molecule has 0 N–H and O–H groups in total. The van der Waals surface area contributed by atoms with E-state index in [1.54, 1.807) is 0 Å². The summed E-state index contributed by atoms with van der Waals surface area (Å²) in [6, 6.07) is 0. The van der Waals surface area contributed by atoms with Gasteiger partial charge in [0.05, 0.1) is 5.92 Å². The van der Waals surface area contributed by atoms with Gasteiger partial charge in [0, 0.05) is 0 Å². The van der Waals surface area contributed by atoms with Crippen molar-refractivity contribution in [3.63, 3.8) is 0 Å². The Morgan fingerprint density at radius 1 is 1.17 bits per heavy atom. The van der Waals surface area contributed by atoms with Crippen LogP contribution in [0.25, 0.3) is 0 Å². The lowest BCUT2D eigenvalue weighted by Gasteiger charge is -2.14. The maximum Gasteiger partial charge on any atom is 0.140 e. The van der Waals surface area contributed by atoms with Gasteiger partial charge in [0.1, 0.15) is 11.6 Å². The van der Waals surface area contributed by atoms with Crippen molar-refractivity contribution in [1.82, 2.24) is 0 Å². The number of hydrogen-bond donors (Lipinski definition) is 0. The van der Waals surface area contributed by atoms with Gasteiger partial charge >= 0.3 is 0 Å². The molecule has 0 rings (SSSR count). The van der Waals surface area contributed by atoms with Crippen LogP contribution in [0.3, 0.4) is 0 Å². The highest BCUT2D eigenvalue weighted by molar-refractivity contribution is 6.00. The van der Waals surface area contributed by atoms with Gasteiger partial charge in [-0.15, -0.1) is 0 Å². The Balaban J connectivity index is 4.51. The number of hydrogen-bond acceptors (Lipinski definition) is 2. The molecule has 0 aromatic carbocycles. The highest BCUT2D eigenvalue weighted by Gasteiger charge is 2.23. The van der Waals surface area contributed by atoms with Crippen LogP contribution < -0.4 is 0 Å². The molecule has 0 aliphatic heterocycles. The van der Waals surface area contributed by atoms with Crippen LogP contribution in [-0.4, -0.2) is 11.6 Å². The van der Waals surface area contributed by atoms with Gasteiger partial charge in [0.15, 0.2) is 0 Å². The van der Waals surface area contributed by atoms with Gasteiger partial charge in [-0.1, -0.05) is 19.1 Å². The normalized spacial score (nSPS) is 13.8. The molecule has 0 aromatic rings. The van der Waals surface area contributed by atoms with Crippen molar-refractivity contribution in [2.24, 2.45) is 11.8 Å². The van der Waals surface area contributed by atoms with E-state index in [4.69, 9.17) is 0 Å². The molecule has 0 aliphatic carbocycles. The fraction of sp³-hybridized carbons (Fsp3) is 0.600. The van der Waals surface area contributed by atoms with Crippen LogP contribution in [0, 0.1) is 11.8 Å². The summed E-state index contributed by atoms with van der Waals surface area (Å²) >= 11 is 0. The lowest BCUT2D eigenvalue weighted by atomic mass is 9.87. The number of carbonyl (C=O) groups is 2. The molecule has 0 spiro atoms. The number of carbonyl (C=O) groups excluding carboxylic acids is 2. The summed E-state index contributed by atoms with van der Waals surface area (Å²) in [5, 5.41) is 0. The van der Waals surface area contributed by atoms with E-state index in [9.17, 15) is 9.59 Å². The van der Waals surface area contributed by atoms with E-state index in [1.165, 1.54) is 13.8 Å². The van der Waals surface area contributed by atoms with Crippen LogP contribution in [-0.2, 0) is 9.59 Å². The van der Waals surface area contributed by atoms with Gasteiger partial charge in [0.25, 0.3) is 0 Å². The van der Waals surface area contributed by atoms with Gasteiger partial charge in [-0.2, -0.15) is 0 Å². The Kier molecular flexibility index (Phi) is 4.49. The Morgan fingerprint density at radius 3 is 1.83 bits per heavy atom. The first-order chi connectivity index (χ1) is 5.50. The fourth-order valence-electron chi connectivity index (χ4n) is 1.44. The maximum atomic E-state index is 11.0. The smallest absolute Gasteiger partial charge is 0.140 e. The van der Waals surface area contributed by atoms with Crippen molar-refractivity contribution < 1.29 is 9.59 Å². The average molecular weight is 168 g/mol. The Labute approximate surface area is 73.7 Å². The first kappa shape index (κ1) is 11.1. The minimum absolute atomic E-state index is 0.0185. The number of ketones is 2. The second-order valence-electron chi connectivity index (χ2n) is 3.08. The molecule has 0 saturated heterocycles. The molecule has 0 aromatic heterocycles. The highest BCUT2D eigenvalue weighted by Crippen LogP contribution is 2.15. The van der Waals surface area contributed by atoms with E-state index in [1.807, 2.05) is 26.0 Å². The van der Waals surface area contributed by atoms with Crippen molar-refractivity contribution in [2.45, 2.75) is 27.7 Å².